The fraction of sp³-hybridized carbons (Fsp3) is 0.333. The highest BCUT2D eigenvalue weighted by Gasteiger charge is 2.27. The van der Waals surface area contributed by atoms with E-state index in [1.165, 1.54) is 12.1 Å². The van der Waals surface area contributed by atoms with Crippen LogP contribution in [-0.2, 0) is 11.3 Å². The van der Waals surface area contributed by atoms with E-state index in [0.717, 1.165) is 0 Å². The summed E-state index contributed by atoms with van der Waals surface area (Å²) in [5, 5.41) is 9.18. The molecule has 0 aromatic heterocycles. The van der Waals surface area contributed by atoms with E-state index in [4.69, 9.17) is 0 Å². The summed E-state index contributed by atoms with van der Waals surface area (Å²) in [6.07, 6.45) is -4.33. The van der Waals surface area contributed by atoms with Crippen LogP contribution in [0.1, 0.15) is 5.56 Å². The zero-order chi connectivity index (χ0) is 10.6. The Kier molecular flexibility index (Phi) is 3.35. The molecule has 0 aliphatic heterocycles. The number of ether oxygens (including phenoxy) is 1. The molecule has 14 heavy (non-hydrogen) atoms. The molecule has 1 rings (SSSR count). The molecular weight excluding hydrogens is 197 g/mol. The van der Waals surface area contributed by atoms with Crippen LogP contribution in [0.25, 0.3) is 0 Å². The van der Waals surface area contributed by atoms with Crippen LogP contribution in [0.15, 0.2) is 24.3 Å². The lowest BCUT2D eigenvalue weighted by molar-refractivity contribution is -0.176. The lowest BCUT2D eigenvalue weighted by Gasteiger charge is -2.08. The number of halogens is 3. The highest BCUT2D eigenvalue weighted by molar-refractivity contribution is 5.30. The van der Waals surface area contributed by atoms with Gasteiger partial charge < -0.3 is 9.84 Å². The molecule has 1 N–H and O–H groups in total. The quantitative estimate of drug-likeness (QED) is 0.823. The van der Waals surface area contributed by atoms with Crippen molar-refractivity contribution in [3.8, 4) is 5.75 Å². The molecule has 0 saturated heterocycles. The molecule has 2 nitrogen and oxygen atoms in total. The number of rotatable bonds is 3. The maximum atomic E-state index is 11.7. The summed E-state index contributed by atoms with van der Waals surface area (Å²) >= 11 is 0. The number of aromatic hydroxyl groups is 1. The number of phenols is 1. The molecule has 0 fully saturated rings. The Morgan fingerprint density at radius 2 is 1.86 bits per heavy atom. The molecule has 0 amide bonds. The molecule has 0 radical (unpaired) electrons. The van der Waals surface area contributed by atoms with Crippen LogP contribution in [0.4, 0.5) is 13.2 Å². The minimum Gasteiger partial charge on any atom is -0.508 e. The van der Waals surface area contributed by atoms with Gasteiger partial charge in [0.1, 0.15) is 12.4 Å². The van der Waals surface area contributed by atoms with Gasteiger partial charge in [0, 0.05) is 5.56 Å². The van der Waals surface area contributed by atoms with Crippen LogP contribution in [0.3, 0.4) is 0 Å². The summed E-state index contributed by atoms with van der Waals surface area (Å²) < 4.78 is 39.4. The Morgan fingerprint density at radius 3 is 2.43 bits per heavy atom. The molecular formula is C9H9F3O2. The largest absolute Gasteiger partial charge is 0.508 e. The molecule has 0 bridgehead atoms. The summed E-state index contributed by atoms with van der Waals surface area (Å²) in [6, 6.07) is 6.10. The van der Waals surface area contributed by atoms with Crippen LogP contribution in [0.5, 0.6) is 5.75 Å². The van der Waals surface area contributed by atoms with E-state index in [1.54, 1.807) is 12.1 Å². The predicted octanol–water partition coefficient (Wildman–Crippen LogP) is 2.47. The fourth-order valence-electron chi connectivity index (χ4n) is 0.910. The van der Waals surface area contributed by atoms with Gasteiger partial charge in [-0.1, -0.05) is 18.2 Å². The van der Waals surface area contributed by atoms with Gasteiger partial charge in [-0.05, 0) is 6.07 Å². The van der Waals surface area contributed by atoms with E-state index in [1.807, 2.05) is 0 Å². The lowest BCUT2D eigenvalue weighted by Crippen LogP contribution is -2.16. The van der Waals surface area contributed by atoms with E-state index in [-0.39, 0.29) is 12.4 Å². The van der Waals surface area contributed by atoms with Crippen molar-refractivity contribution in [3.63, 3.8) is 0 Å². The van der Waals surface area contributed by atoms with Crippen molar-refractivity contribution in [2.45, 2.75) is 12.8 Å². The minimum atomic E-state index is -4.33. The van der Waals surface area contributed by atoms with Gasteiger partial charge in [0.05, 0.1) is 6.61 Å². The first-order valence-corrected chi connectivity index (χ1v) is 3.90. The zero-order valence-electron chi connectivity index (χ0n) is 7.21. The van der Waals surface area contributed by atoms with Crippen molar-refractivity contribution in [2.75, 3.05) is 6.61 Å². The molecule has 0 spiro atoms. The zero-order valence-corrected chi connectivity index (χ0v) is 7.21. The molecule has 0 aliphatic carbocycles. The topological polar surface area (TPSA) is 29.5 Å². The van der Waals surface area contributed by atoms with Crippen molar-refractivity contribution in [2.24, 2.45) is 0 Å². The second kappa shape index (κ2) is 4.32. The second-order valence-electron chi connectivity index (χ2n) is 2.74. The number of benzene rings is 1. The minimum absolute atomic E-state index is 0.0605. The highest BCUT2D eigenvalue weighted by atomic mass is 19.4. The molecule has 78 valence electrons. The van der Waals surface area contributed by atoms with E-state index in [0.29, 0.717) is 5.56 Å². The number of alkyl halides is 3. The molecule has 5 heteroatoms. The van der Waals surface area contributed by atoms with Crippen molar-refractivity contribution < 1.29 is 23.0 Å². The Labute approximate surface area is 78.9 Å². The maximum absolute atomic E-state index is 11.7. The van der Waals surface area contributed by atoms with Crippen LogP contribution in [0.2, 0.25) is 0 Å². The molecule has 0 heterocycles. The van der Waals surface area contributed by atoms with Gasteiger partial charge in [-0.2, -0.15) is 13.2 Å². The first-order valence-electron chi connectivity index (χ1n) is 3.90. The summed E-state index contributed by atoms with van der Waals surface area (Å²) in [6.45, 7) is -1.55. The summed E-state index contributed by atoms with van der Waals surface area (Å²) in [5.74, 6) is -0.0605. The van der Waals surface area contributed by atoms with E-state index in [9.17, 15) is 18.3 Å². The standard InChI is InChI=1S/C9H9F3O2/c10-9(11,12)6-14-5-7-3-1-2-4-8(7)13/h1-4,13H,5-6H2. The highest BCUT2D eigenvalue weighted by Crippen LogP contribution is 2.19. The third-order valence-corrected chi connectivity index (χ3v) is 1.51. The average molecular weight is 206 g/mol. The predicted molar refractivity (Wildman–Crippen MR) is 43.8 cm³/mol. The van der Waals surface area contributed by atoms with Gasteiger partial charge in [0.2, 0.25) is 0 Å². The summed E-state index contributed by atoms with van der Waals surface area (Å²) in [7, 11) is 0. The lowest BCUT2D eigenvalue weighted by atomic mass is 10.2. The Bertz CT molecular complexity index is 296. The van der Waals surface area contributed by atoms with Crippen molar-refractivity contribution in [1.29, 1.82) is 0 Å². The molecule has 1 aromatic rings. The Morgan fingerprint density at radius 1 is 1.21 bits per heavy atom. The van der Waals surface area contributed by atoms with Gasteiger partial charge >= 0.3 is 6.18 Å². The normalized spacial score (nSPS) is 11.6. The third kappa shape index (κ3) is 3.66. The van der Waals surface area contributed by atoms with E-state index < -0.39 is 12.8 Å². The number of phenolic OH excluding ortho intramolecular Hbond substituents is 1. The monoisotopic (exact) mass is 206 g/mol. The second-order valence-corrected chi connectivity index (χ2v) is 2.74. The average Bonchev–Trinajstić information content (AvgIpc) is 2.06. The molecule has 0 aliphatic rings. The van der Waals surface area contributed by atoms with Crippen LogP contribution >= 0.6 is 0 Å². The van der Waals surface area contributed by atoms with Crippen molar-refractivity contribution >= 4 is 0 Å². The SMILES string of the molecule is Oc1ccccc1COCC(F)(F)F. The summed E-state index contributed by atoms with van der Waals surface area (Å²) in [4.78, 5) is 0. The Hall–Kier alpha value is -1.23. The number of hydrogen-bond acceptors (Lipinski definition) is 2. The fourth-order valence-corrected chi connectivity index (χ4v) is 0.910. The third-order valence-electron chi connectivity index (χ3n) is 1.51. The summed E-state index contributed by atoms with van der Waals surface area (Å²) in [5.41, 5.74) is 0.344. The first-order chi connectivity index (χ1) is 6.49. The molecule has 0 atom stereocenters. The van der Waals surface area contributed by atoms with E-state index >= 15 is 0 Å². The Balaban J connectivity index is 2.43. The van der Waals surface area contributed by atoms with Crippen molar-refractivity contribution in [3.05, 3.63) is 29.8 Å². The van der Waals surface area contributed by atoms with Crippen LogP contribution in [-0.4, -0.2) is 17.9 Å². The smallest absolute Gasteiger partial charge is 0.411 e. The van der Waals surface area contributed by atoms with Crippen LogP contribution in [0, 0.1) is 0 Å². The van der Waals surface area contributed by atoms with Gasteiger partial charge in [0.25, 0.3) is 0 Å². The van der Waals surface area contributed by atoms with Crippen LogP contribution < -0.4 is 0 Å². The molecule has 0 unspecified atom stereocenters. The van der Waals surface area contributed by atoms with E-state index in [2.05, 4.69) is 4.74 Å². The van der Waals surface area contributed by atoms with Gasteiger partial charge in [0.15, 0.2) is 0 Å². The van der Waals surface area contributed by atoms with Gasteiger partial charge in [-0.15, -0.1) is 0 Å². The first kappa shape index (κ1) is 10.8. The number of hydrogen-bond donors (Lipinski definition) is 1. The van der Waals surface area contributed by atoms with Crippen molar-refractivity contribution in [1.82, 2.24) is 0 Å². The maximum Gasteiger partial charge on any atom is 0.411 e. The number of para-hydroxylation sites is 1. The van der Waals surface area contributed by atoms with Gasteiger partial charge in [-0.3, -0.25) is 0 Å². The molecule has 0 saturated carbocycles. The van der Waals surface area contributed by atoms with Gasteiger partial charge in [-0.25, -0.2) is 0 Å². The molecule has 1 aromatic carbocycles.